The Kier molecular flexibility index (Phi) is 4.94. The Bertz CT molecular complexity index is 967. The summed E-state index contributed by atoms with van der Waals surface area (Å²) in [6.07, 6.45) is 0. The largest absolute Gasteiger partial charge is 0.484 e. The Morgan fingerprint density at radius 3 is 2.74 bits per heavy atom. The summed E-state index contributed by atoms with van der Waals surface area (Å²) >= 11 is 1.48. The molecule has 3 aromatic rings. The first kappa shape index (κ1) is 17.7. The van der Waals surface area contributed by atoms with E-state index in [1.54, 1.807) is 6.07 Å². The normalized spacial score (nSPS) is 14.6. The summed E-state index contributed by atoms with van der Waals surface area (Å²) in [5, 5.41) is 0.874. The summed E-state index contributed by atoms with van der Waals surface area (Å²) in [4.78, 5) is 21.0. The monoisotopic (exact) mass is 385 g/mol. The first-order valence-electron chi connectivity index (χ1n) is 8.87. The van der Waals surface area contributed by atoms with Crippen molar-refractivity contribution in [2.45, 2.75) is 6.92 Å². The Labute approximate surface area is 161 Å². The van der Waals surface area contributed by atoms with Crippen LogP contribution >= 0.6 is 11.3 Å². The lowest BCUT2D eigenvalue weighted by atomic mass is 10.2. The number of para-hydroxylation sites is 1. The summed E-state index contributed by atoms with van der Waals surface area (Å²) in [5.41, 5.74) is 1.82. The molecule has 1 fully saturated rings. The maximum atomic E-state index is 13.4. The highest BCUT2D eigenvalue weighted by atomic mass is 32.1. The van der Waals surface area contributed by atoms with Crippen molar-refractivity contribution in [3.63, 3.8) is 0 Å². The molecule has 2 heterocycles. The van der Waals surface area contributed by atoms with Crippen LogP contribution in [-0.4, -0.2) is 48.6 Å². The zero-order valence-electron chi connectivity index (χ0n) is 15.0. The summed E-state index contributed by atoms with van der Waals surface area (Å²) in [6, 6.07) is 12.3. The third-order valence-corrected chi connectivity index (χ3v) is 5.77. The van der Waals surface area contributed by atoms with Crippen LogP contribution in [-0.2, 0) is 4.79 Å². The molecule has 0 N–H and O–H groups in total. The molecular weight excluding hydrogens is 365 g/mol. The number of hydrogen-bond acceptors (Lipinski definition) is 5. The van der Waals surface area contributed by atoms with Crippen LogP contribution < -0.4 is 9.64 Å². The van der Waals surface area contributed by atoms with Crippen molar-refractivity contribution in [1.29, 1.82) is 0 Å². The van der Waals surface area contributed by atoms with E-state index in [-0.39, 0.29) is 18.3 Å². The Hall–Kier alpha value is -2.67. The van der Waals surface area contributed by atoms with Gasteiger partial charge in [0.2, 0.25) is 0 Å². The number of ether oxygens (including phenoxy) is 1. The average molecular weight is 385 g/mol. The van der Waals surface area contributed by atoms with Gasteiger partial charge < -0.3 is 14.5 Å². The highest BCUT2D eigenvalue weighted by Crippen LogP contribution is 2.29. The van der Waals surface area contributed by atoms with Gasteiger partial charge in [-0.2, -0.15) is 0 Å². The van der Waals surface area contributed by atoms with Crippen molar-refractivity contribution in [3.05, 3.63) is 53.8 Å². The molecule has 0 bridgehead atoms. The minimum Gasteiger partial charge on any atom is -0.484 e. The predicted molar refractivity (Wildman–Crippen MR) is 105 cm³/mol. The summed E-state index contributed by atoms with van der Waals surface area (Å²) in [6.45, 7) is 4.67. The van der Waals surface area contributed by atoms with E-state index in [1.807, 2.05) is 36.1 Å². The van der Waals surface area contributed by atoms with Gasteiger partial charge in [0.1, 0.15) is 11.6 Å². The highest BCUT2D eigenvalue weighted by molar-refractivity contribution is 7.22. The van der Waals surface area contributed by atoms with Gasteiger partial charge in [-0.1, -0.05) is 29.5 Å². The lowest BCUT2D eigenvalue weighted by Crippen LogP contribution is -2.50. The molecule has 0 atom stereocenters. The molecule has 1 aromatic heterocycles. The van der Waals surface area contributed by atoms with Crippen molar-refractivity contribution >= 4 is 32.6 Å². The van der Waals surface area contributed by atoms with E-state index in [9.17, 15) is 9.18 Å². The molecule has 0 saturated carbocycles. The average Bonchev–Trinajstić information content (AvgIpc) is 3.10. The number of hydrogen-bond donors (Lipinski definition) is 0. The van der Waals surface area contributed by atoms with Gasteiger partial charge >= 0.3 is 0 Å². The van der Waals surface area contributed by atoms with Crippen molar-refractivity contribution in [3.8, 4) is 5.75 Å². The number of carbonyl (C=O) groups is 1. The molecule has 0 spiro atoms. The first-order chi connectivity index (χ1) is 13.1. The standard InChI is InChI=1S/C20H20FN3O2S/c1-14-4-2-3-5-17(14)26-13-19(25)23-8-10-24(11-9-23)20-22-16-7-6-15(21)12-18(16)27-20/h2-7,12H,8-11,13H2,1H3. The molecule has 2 aromatic carbocycles. The van der Waals surface area contributed by atoms with Crippen LogP contribution in [0.5, 0.6) is 5.75 Å². The number of nitrogens with zero attached hydrogens (tertiary/aromatic N) is 3. The molecule has 1 aliphatic heterocycles. The van der Waals surface area contributed by atoms with Gasteiger partial charge in [-0.15, -0.1) is 0 Å². The number of fused-ring (bicyclic) bond motifs is 1. The number of aryl methyl sites for hydroxylation is 1. The quantitative estimate of drug-likeness (QED) is 0.690. The maximum absolute atomic E-state index is 13.4. The third-order valence-electron chi connectivity index (χ3n) is 4.69. The summed E-state index contributed by atoms with van der Waals surface area (Å²) in [5.74, 6) is 0.484. The minimum absolute atomic E-state index is 0.00993. The van der Waals surface area contributed by atoms with Gasteiger partial charge in [-0.25, -0.2) is 9.37 Å². The summed E-state index contributed by atoms with van der Waals surface area (Å²) in [7, 11) is 0. The van der Waals surface area contributed by atoms with E-state index in [1.165, 1.54) is 23.5 Å². The van der Waals surface area contributed by atoms with Gasteiger partial charge in [-0.3, -0.25) is 4.79 Å². The number of rotatable bonds is 4. The summed E-state index contributed by atoms with van der Waals surface area (Å²) < 4.78 is 19.9. The lowest BCUT2D eigenvalue weighted by Gasteiger charge is -2.34. The zero-order valence-corrected chi connectivity index (χ0v) is 15.8. The molecule has 0 unspecified atom stereocenters. The van der Waals surface area contributed by atoms with E-state index in [4.69, 9.17) is 4.74 Å². The van der Waals surface area contributed by atoms with Crippen molar-refractivity contribution < 1.29 is 13.9 Å². The number of anilines is 1. The van der Waals surface area contributed by atoms with Crippen LogP contribution in [0.15, 0.2) is 42.5 Å². The van der Waals surface area contributed by atoms with Crippen molar-refractivity contribution in [2.75, 3.05) is 37.7 Å². The van der Waals surface area contributed by atoms with Crippen LogP contribution in [0, 0.1) is 12.7 Å². The minimum atomic E-state index is -0.248. The van der Waals surface area contributed by atoms with Crippen molar-refractivity contribution in [1.82, 2.24) is 9.88 Å². The molecule has 1 amide bonds. The molecule has 1 aliphatic rings. The zero-order chi connectivity index (χ0) is 18.8. The SMILES string of the molecule is Cc1ccccc1OCC(=O)N1CCN(c2nc3ccc(F)cc3s2)CC1. The molecule has 4 rings (SSSR count). The lowest BCUT2D eigenvalue weighted by molar-refractivity contribution is -0.133. The van der Waals surface area contributed by atoms with Gasteiger partial charge in [0.05, 0.1) is 10.2 Å². The molecule has 140 valence electrons. The number of thiazole rings is 1. The van der Waals surface area contributed by atoms with Crippen LogP contribution in [0.1, 0.15) is 5.56 Å². The van der Waals surface area contributed by atoms with E-state index in [0.717, 1.165) is 26.7 Å². The predicted octanol–water partition coefficient (Wildman–Crippen LogP) is 3.47. The van der Waals surface area contributed by atoms with Gasteiger partial charge in [-0.05, 0) is 36.8 Å². The molecule has 7 heteroatoms. The number of carbonyl (C=O) groups excluding carboxylic acids is 1. The topological polar surface area (TPSA) is 45.7 Å². The fraction of sp³-hybridized carbons (Fsp3) is 0.300. The smallest absolute Gasteiger partial charge is 0.260 e. The number of aromatic nitrogens is 1. The highest BCUT2D eigenvalue weighted by Gasteiger charge is 2.23. The molecular formula is C20H20FN3O2S. The Morgan fingerprint density at radius 2 is 1.96 bits per heavy atom. The Balaban J connectivity index is 1.34. The maximum Gasteiger partial charge on any atom is 0.260 e. The van der Waals surface area contributed by atoms with Crippen LogP contribution in [0.25, 0.3) is 10.2 Å². The van der Waals surface area contributed by atoms with Crippen LogP contribution in [0.2, 0.25) is 0 Å². The van der Waals surface area contributed by atoms with Gasteiger partial charge in [0, 0.05) is 26.2 Å². The molecule has 27 heavy (non-hydrogen) atoms. The fourth-order valence-corrected chi connectivity index (χ4v) is 4.16. The number of benzene rings is 2. The van der Waals surface area contributed by atoms with Crippen LogP contribution in [0.3, 0.4) is 0 Å². The second kappa shape index (κ2) is 7.52. The molecule has 0 aliphatic carbocycles. The number of amides is 1. The second-order valence-electron chi connectivity index (χ2n) is 6.53. The molecule has 5 nitrogen and oxygen atoms in total. The van der Waals surface area contributed by atoms with Gasteiger partial charge in [0.15, 0.2) is 11.7 Å². The number of halogens is 1. The fourth-order valence-electron chi connectivity index (χ4n) is 3.12. The van der Waals surface area contributed by atoms with E-state index >= 15 is 0 Å². The first-order valence-corrected chi connectivity index (χ1v) is 9.69. The van der Waals surface area contributed by atoms with E-state index < -0.39 is 0 Å². The number of piperazine rings is 1. The second-order valence-corrected chi connectivity index (χ2v) is 7.54. The van der Waals surface area contributed by atoms with Crippen LogP contribution in [0.4, 0.5) is 9.52 Å². The van der Waals surface area contributed by atoms with E-state index in [2.05, 4.69) is 9.88 Å². The molecule has 1 saturated heterocycles. The van der Waals surface area contributed by atoms with E-state index in [0.29, 0.717) is 26.2 Å². The molecule has 0 radical (unpaired) electrons. The van der Waals surface area contributed by atoms with Gasteiger partial charge in [0.25, 0.3) is 5.91 Å². The van der Waals surface area contributed by atoms with Crippen molar-refractivity contribution in [2.24, 2.45) is 0 Å². The Morgan fingerprint density at radius 1 is 1.19 bits per heavy atom. The third kappa shape index (κ3) is 3.88.